The second-order valence-electron chi connectivity index (χ2n) is 5.32. The molecule has 4 rings (SSSR count). The van der Waals surface area contributed by atoms with Crippen LogP contribution in [-0.4, -0.2) is 19.7 Å². The molecule has 0 radical (unpaired) electrons. The number of hydrogen-bond acceptors (Lipinski definition) is 2. The summed E-state index contributed by atoms with van der Waals surface area (Å²) in [5.41, 5.74) is 2.48. The SMILES string of the molecule is FC(F)(F)c1ccc(-n2cc(-c3ccnc4[nH]ccc34)cn2)cc1. The second-order valence-corrected chi connectivity index (χ2v) is 5.32. The van der Waals surface area contributed by atoms with E-state index in [4.69, 9.17) is 0 Å². The van der Waals surface area contributed by atoms with E-state index in [9.17, 15) is 13.2 Å². The van der Waals surface area contributed by atoms with Gasteiger partial charge in [-0.25, -0.2) is 9.67 Å². The van der Waals surface area contributed by atoms with E-state index in [1.165, 1.54) is 12.1 Å². The molecule has 120 valence electrons. The Hall–Kier alpha value is -3.09. The zero-order chi connectivity index (χ0) is 16.7. The number of hydrogen-bond donors (Lipinski definition) is 1. The van der Waals surface area contributed by atoms with Gasteiger partial charge in [-0.3, -0.25) is 0 Å². The summed E-state index contributed by atoms with van der Waals surface area (Å²) >= 11 is 0. The van der Waals surface area contributed by atoms with Gasteiger partial charge in [0.2, 0.25) is 0 Å². The smallest absolute Gasteiger partial charge is 0.346 e. The van der Waals surface area contributed by atoms with Gasteiger partial charge in [-0.05, 0) is 42.0 Å². The number of aromatic nitrogens is 4. The molecule has 0 aliphatic rings. The Morgan fingerprint density at radius 1 is 1.00 bits per heavy atom. The monoisotopic (exact) mass is 328 g/mol. The highest BCUT2D eigenvalue weighted by Gasteiger charge is 2.30. The summed E-state index contributed by atoms with van der Waals surface area (Å²) in [6.45, 7) is 0. The molecule has 0 atom stereocenters. The summed E-state index contributed by atoms with van der Waals surface area (Å²) in [6.07, 6.45) is 2.62. The van der Waals surface area contributed by atoms with Crippen LogP contribution in [0.3, 0.4) is 0 Å². The number of nitrogens with one attached hydrogen (secondary N) is 1. The molecule has 7 heteroatoms. The lowest BCUT2D eigenvalue weighted by atomic mass is 10.1. The molecule has 0 saturated carbocycles. The van der Waals surface area contributed by atoms with Crippen molar-refractivity contribution in [3.8, 4) is 16.8 Å². The minimum atomic E-state index is -4.34. The molecule has 24 heavy (non-hydrogen) atoms. The van der Waals surface area contributed by atoms with Crippen molar-refractivity contribution in [3.63, 3.8) is 0 Å². The fraction of sp³-hybridized carbons (Fsp3) is 0.0588. The first-order valence-corrected chi connectivity index (χ1v) is 7.17. The molecule has 0 saturated heterocycles. The number of alkyl halides is 3. The van der Waals surface area contributed by atoms with Crippen LogP contribution in [0.15, 0.2) is 61.2 Å². The fourth-order valence-corrected chi connectivity index (χ4v) is 2.62. The quantitative estimate of drug-likeness (QED) is 0.591. The number of halogens is 3. The first kappa shape index (κ1) is 14.5. The number of nitrogens with zero attached hydrogens (tertiary/aromatic N) is 3. The standard InChI is InChI=1S/C17H11F3N4/c18-17(19,20)12-1-3-13(4-2-12)24-10-11(9-23-24)14-5-7-21-16-15(14)6-8-22-16/h1-10H,(H,21,22). The van der Waals surface area contributed by atoms with Gasteiger partial charge in [-0.15, -0.1) is 0 Å². The molecule has 0 bridgehead atoms. The molecule has 0 unspecified atom stereocenters. The summed E-state index contributed by atoms with van der Waals surface area (Å²) in [7, 11) is 0. The highest BCUT2D eigenvalue weighted by Crippen LogP contribution is 2.30. The molecule has 1 aromatic carbocycles. The van der Waals surface area contributed by atoms with Gasteiger partial charge in [0.1, 0.15) is 5.65 Å². The van der Waals surface area contributed by atoms with Crippen LogP contribution >= 0.6 is 0 Å². The third-order valence-corrected chi connectivity index (χ3v) is 3.81. The van der Waals surface area contributed by atoms with Crippen molar-refractivity contribution in [1.29, 1.82) is 0 Å². The van der Waals surface area contributed by atoms with Gasteiger partial charge in [0.25, 0.3) is 0 Å². The van der Waals surface area contributed by atoms with Gasteiger partial charge < -0.3 is 4.98 Å². The van der Waals surface area contributed by atoms with Crippen LogP contribution in [0.5, 0.6) is 0 Å². The lowest BCUT2D eigenvalue weighted by Crippen LogP contribution is -2.05. The molecule has 4 aromatic rings. The van der Waals surface area contributed by atoms with E-state index >= 15 is 0 Å². The number of H-pyrrole nitrogens is 1. The maximum Gasteiger partial charge on any atom is 0.416 e. The van der Waals surface area contributed by atoms with Crippen molar-refractivity contribution in [2.24, 2.45) is 0 Å². The Kier molecular flexibility index (Phi) is 3.16. The van der Waals surface area contributed by atoms with Crippen LogP contribution in [0.25, 0.3) is 27.8 Å². The first-order valence-electron chi connectivity index (χ1n) is 7.17. The molecule has 3 aromatic heterocycles. The summed E-state index contributed by atoms with van der Waals surface area (Å²) in [6, 6.07) is 8.70. The van der Waals surface area contributed by atoms with E-state index in [-0.39, 0.29) is 0 Å². The number of pyridine rings is 1. The van der Waals surface area contributed by atoms with Crippen molar-refractivity contribution in [1.82, 2.24) is 19.7 Å². The largest absolute Gasteiger partial charge is 0.416 e. The van der Waals surface area contributed by atoms with Gasteiger partial charge in [0.15, 0.2) is 0 Å². The maximum atomic E-state index is 12.6. The number of benzene rings is 1. The minimum Gasteiger partial charge on any atom is -0.346 e. The predicted octanol–water partition coefficient (Wildman–Crippen LogP) is 4.43. The van der Waals surface area contributed by atoms with Gasteiger partial charge in [-0.2, -0.15) is 18.3 Å². The third kappa shape index (κ3) is 2.44. The average molecular weight is 328 g/mol. The number of fused-ring (bicyclic) bond motifs is 1. The number of rotatable bonds is 2. The Bertz CT molecular complexity index is 997. The Morgan fingerprint density at radius 3 is 2.54 bits per heavy atom. The maximum absolute atomic E-state index is 12.6. The van der Waals surface area contributed by atoms with Crippen molar-refractivity contribution in [2.45, 2.75) is 6.18 Å². The molecule has 3 heterocycles. The van der Waals surface area contributed by atoms with E-state index in [1.54, 1.807) is 29.5 Å². The predicted molar refractivity (Wildman–Crippen MR) is 83.7 cm³/mol. The van der Waals surface area contributed by atoms with Crippen molar-refractivity contribution in [2.75, 3.05) is 0 Å². The van der Waals surface area contributed by atoms with E-state index < -0.39 is 11.7 Å². The number of aromatic amines is 1. The Balaban J connectivity index is 1.71. The van der Waals surface area contributed by atoms with E-state index in [2.05, 4.69) is 15.1 Å². The highest BCUT2D eigenvalue weighted by molar-refractivity contribution is 5.92. The van der Waals surface area contributed by atoms with Crippen LogP contribution in [0.4, 0.5) is 13.2 Å². The lowest BCUT2D eigenvalue weighted by molar-refractivity contribution is -0.137. The van der Waals surface area contributed by atoms with Crippen molar-refractivity contribution < 1.29 is 13.2 Å². The molecule has 0 fully saturated rings. The average Bonchev–Trinajstić information content (AvgIpc) is 3.23. The first-order chi connectivity index (χ1) is 11.5. The van der Waals surface area contributed by atoms with Crippen LogP contribution in [0.1, 0.15) is 5.56 Å². The highest BCUT2D eigenvalue weighted by atomic mass is 19.4. The molecule has 0 spiro atoms. The molecule has 0 amide bonds. The van der Waals surface area contributed by atoms with Crippen molar-refractivity contribution >= 4 is 11.0 Å². The zero-order valence-corrected chi connectivity index (χ0v) is 12.2. The van der Waals surface area contributed by atoms with Crippen LogP contribution in [-0.2, 0) is 6.18 Å². The molecule has 0 aliphatic heterocycles. The topological polar surface area (TPSA) is 46.5 Å². The van der Waals surface area contributed by atoms with Gasteiger partial charge in [-0.1, -0.05) is 0 Å². The van der Waals surface area contributed by atoms with Gasteiger partial charge in [0, 0.05) is 29.5 Å². The normalized spacial score (nSPS) is 12.0. The molecular formula is C17H11F3N4. The third-order valence-electron chi connectivity index (χ3n) is 3.81. The van der Waals surface area contributed by atoms with Crippen LogP contribution < -0.4 is 0 Å². The van der Waals surface area contributed by atoms with Gasteiger partial charge >= 0.3 is 6.18 Å². The van der Waals surface area contributed by atoms with Gasteiger partial charge in [0.05, 0.1) is 17.4 Å². The lowest BCUT2D eigenvalue weighted by Gasteiger charge is -2.07. The van der Waals surface area contributed by atoms with E-state index in [0.717, 1.165) is 34.3 Å². The zero-order valence-electron chi connectivity index (χ0n) is 12.2. The van der Waals surface area contributed by atoms with Crippen LogP contribution in [0, 0.1) is 0 Å². The molecule has 1 N–H and O–H groups in total. The fourth-order valence-electron chi connectivity index (χ4n) is 2.62. The van der Waals surface area contributed by atoms with E-state index in [0.29, 0.717) is 5.69 Å². The van der Waals surface area contributed by atoms with Crippen LogP contribution in [0.2, 0.25) is 0 Å². The Labute approximate surface area is 134 Å². The van der Waals surface area contributed by atoms with E-state index in [1.807, 2.05) is 12.1 Å². The molecule has 4 nitrogen and oxygen atoms in total. The summed E-state index contributed by atoms with van der Waals surface area (Å²) in [5.74, 6) is 0. The van der Waals surface area contributed by atoms with Crippen molar-refractivity contribution in [3.05, 3.63) is 66.7 Å². The minimum absolute atomic E-state index is 0.564. The molecular weight excluding hydrogens is 317 g/mol. The molecule has 0 aliphatic carbocycles. The summed E-state index contributed by atoms with van der Waals surface area (Å²) in [4.78, 5) is 7.28. The summed E-state index contributed by atoms with van der Waals surface area (Å²) in [5, 5.41) is 5.21. The summed E-state index contributed by atoms with van der Waals surface area (Å²) < 4.78 is 39.5. The Morgan fingerprint density at radius 2 is 1.79 bits per heavy atom. The second kappa shape index (κ2) is 5.23.